The monoisotopic (exact) mass is 398 g/mol. The van der Waals surface area contributed by atoms with Crippen LogP contribution in [0.25, 0.3) is 0 Å². The number of aryl methyl sites for hydroxylation is 1. The van der Waals surface area contributed by atoms with E-state index < -0.39 is 5.41 Å². The zero-order valence-corrected chi connectivity index (χ0v) is 17.6. The standard InChI is InChI=1S/C22H26N2O5/c1-13-7-8-16-15(9-13)22(2,3)21(26)24(16)12-19(25)23-14-10-17(27-4)20(29-6)18(11-14)28-5/h7-11H,12H2,1-6H3,(H,23,25). The molecule has 0 saturated carbocycles. The number of carbonyl (C=O) groups excluding carboxylic acids is 2. The van der Waals surface area contributed by atoms with E-state index in [4.69, 9.17) is 14.2 Å². The van der Waals surface area contributed by atoms with E-state index in [9.17, 15) is 9.59 Å². The average Bonchev–Trinajstić information content (AvgIpc) is 2.87. The molecule has 0 radical (unpaired) electrons. The summed E-state index contributed by atoms with van der Waals surface area (Å²) in [7, 11) is 4.53. The van der Waals surface area contributed by atoms with Crippen molar-refractivity contribution in [2.24, 2.45) is 0 Å². The SMILES string of the molecule is COc1cc(NC(=O)CN2C(=O)C(C)(C)c3cc(C)ccc32)cc(OC)c1OC. The van der Waals surface area contributed by atoms with Crippen LogP contribution in [0, 0.1) is 6.92 Å². The highest BCUT2D eigenvalue weighted by Gasteiger charge is 2.44. The molecule has 1 N–H and O–H groups in total. The second kappa shape index (κ2) is 7.66. The second-order valence-corrected chi connectivity index (χ2v) is 7.50. The van der Waals surface area contributed by atoms with Crippen LogP contribution in [0.1, 0.15) is 25.0 Å². The Morgan fingerprint density at radius 3 is 2.21 bits per heavy atom. The van der Waals surface area contributed by atoms with Gasteiger partial charge in [0.05, 0.1) is 26.7 Å². The minimum absolute atomic E-state index is 0.0883. The summed E-state index contributed by atoms with van der Waals surface area (Å²) in [6.07, 6.45) is 0. The van der Waals surface area contributed by atoms with Crippen molar-refractivity contribution in [1.82, 2.24) is 0 Å². The number of ether oxygens (including phenoxy) is 3. The van der Waals surface area contributed by atoms with E-state index in [0.717, 1.165) is 16.8 Å². The number of methoxy groups -OCH3 is 3. The van der Waals surface area contributed by atoms with E-state index in [1.165, 1.54) is 26.2 Å². The van der Waals surface area contributed by atoms with Gasteiger partial charge in [-0.05, 0) is 32.4 Å². The number of benzene rings is 2. The van der Waals surface area contributed by atoms with Crippen LogP contribution in [-0.2, 0) is 15.0 Å². The molecule has 7 heteroatoms. The lowest BCUT2D eigenvalue weighted by molar-refractivity contribution is -0.124. The van der Waals surface area contributed by atoms with Crippen molar-refractivity contribution in [3.05, 3.63) is 41.5 Å². The molecule has 29 heavy (non-hydrogen) atoms. The predicted octanol–water partition coefficient (Wildman–Crippen LogP) is 3.28. The number of rotatable bonds is 6. The number of amides is 2. The molecule has 2 amide bonds. The third-order valence-electron chi connectivity index (χ3n) is 5.15. The molecule has 3 rings (SSSR count). The van der Waals surface area contributed by atoms with Gasteiger partial charge in [0, 0.05) is 23.5 Å². The highest BCUT2D eigenvalue weighted by Crippen LogP contribution is 2.42. The summed E-state index contributed by atoms with van der Waals surface area (Å²) in [5, 5.41) is 2.81. The van der Waals surface area contributed by atoms with Gasteiger partial charge in [-0.2, -0.15) is 0 Å². The Bertz CT molecular complexity index is 943. The molecule has 0 spiro atoms. The molecular weight excluding hydrogens is 372 g/mol. The van der Waals surface area contributed by atoms with Crippen LogP contribution in [0.4, 0.5) is 11.4 Å². The van der Waals surface area contributed by atoms with Crippen LogP contribution in [0.3, 0.4) is 0 Å². The van der Waals surface area contributed by atoms with Gasteiger partial charge >= 0.3 is 0 Å². The Kier molecular flexibility index (Phi) is 5.42. The first-order valence-electron chi connectivity index (χ1n) is 9.26. The molecule has 1 aliphatic heterocycles. The van der Waals surface area contributed by atoms with E-state index in [1.807, 2.05) is 39.0 Å². The van der Waals surface area contributed by atoms with Crippen LogP contribution < -0.4 is 24.4 Å². The second-order valence-electron chi connectivity index (χ2n) is 7.50. The van der Waals surface area contributed by atoms with Crippen molar-refractivity contribution < 1.29 is 23.8 Å². The zero-order chi connectivity index (χ0) is 21.3. The van der Waals surface area contributed by atoms with Crippen molar-refractivity contribution in [3.63, 3.8) is 0 Å². The van der Waals surface area contributed by atoms with Crippen LogP contribution in [-0.4, -0.2) is 39.7 Å². The van der Waals surface area contributed by atoms with Crippen LogP contribution >= 0.6 is 0 Å². The maximum Gasteiger partial charge on any atom is 0.244 e. The Morgan fingerprint density at radius 1 is 1.03 bits per heavy atom. The molecule has 7 nitrogen and oxygen atoms in total. The molecule has 0 fully saturated rings. The first kappa shape index (κ1) is 20.5. The predicted molar refractivity (Wildman–Crippen MR) is 111 cm³/mol. The molecular formula is C22H26N2O5. The Morgan fingerprint density at radius 2 is 1.66 bits per heavy atom. The van der Waals surface area contributed by atoms with Gasteiger partial charge in [-0.3, -0.25) is 9.59 Å². The van der Waals surface area contributed by atoms with Crippen molar-refractivity contribution >= 4 is 23.2 Å². The number of hydrogen-bond acceptors (Lipinski definition) is 5. The number of nitrogens with one attached hydrogen (secondary N) is 1. The van der Waals surface area contributed by atoms with Gasteiger partial charge in [-0.25, -0.2) is 0 Å². The minimum atomic E-state index is -0.672. The van der Waals surface area contributed by atoms with Gasteiger partial charge in [0.15, 0.2) is 11.5 Å². The van der Waals surface area contributed by atoms with E-state index in [0.29, 0.717) is 22.9 Å². The number of carbonyl (C=O) groups is 2. The molecule has 0 aromatic heterocycles. The molecule has 1 heterocycles. The Labute approximate surface area is 170 Å². The third-order valence-corrected chi connectivity index (χ3v) is 5.15. The van der Waals surface area contributed by atoms with Gasteiger partial charge < -0.3 is 24.4 Å². The molecule has 154 valence electrons. The quantitative estimate of drug-likeness (QED) is 0.808. The van der Waals surface area contributed by atoms with Crippen LogP contribution in [0.15, 0.2) is 30.3 Å². The third kappa shape index (κ3) is 3.60. The summed E-state index contributed by atoms with van der Waals surface area (Å²) in [4.78, 5) is 27.2. The van der Waals surface area contributed by atoms with E-state index in [-0.39, 0.29) is 18.4 Å². The smallest absolute Gasteiger partial charge is 0.244 e. The highest BCUT2D eigenvalue weighted by atomic mass is 16.5. The summed E-state index contributed by atoms with van der Waals surface area (Å²) in [6, 6.07) is 9.13. The molecule has 0 unspecified atom stereocenters. The van der Waals surface area contributed by atoms with Crippen molar-refractivity contribution in [2.45, 2.75) is 26.2 Å². The fourth-order valence-electron chi connectivity index (χ4n) is 3.60. The fourth-order valence-corrected chi connectivity index (χ4v) is 3.60. The van der Waals surface area contributed by atoms with Crippen molar-refractivity contribution in [2.75, 3.05) is 38.1 Å². The maximum atomic E-state index is 13.0. The molecule has 2 aromatic rings. The number of fused-ring (bicyclic) bond motifs is 1. The lowest BCUT2D eigenvalue weighted by Gasteiger charge is -2.20. The van der Waals surface area contributed by atoms with Crippen LogP contribution in [0.2, 0.25) is 0 Å². The first-order chi connectivity index (χ1) is 13.7. The number of anilines is 2. The highest BCUT2D eigenvalue weighted by molar-refractivity contribution is 6.11. The van der Waals surface area contributed by atoms with Crippen molar-refractivity contribution in [3.8, 4) is 17.2 Å². The molecule has 0 atom stereocenters. The first-order valence-corrected chi connectivity index (χ1v) is 9.26. The Balaban J connectivity index is 1.84. The van der Waals surface area contributed by atoms with Gasteiger partial charge in [-0.1, -0.05) is 17.7 Å². The number of hydrogen-bond donors (Lipinski definition) is 1. The molecule has 2 aromatic carbocycles. The lowest BCUT2D eigenvalue weighted by atomic mass is 9.85. The topological polar surface area (TPSA) is 77.1 Å². The normalized spacial score (nSPS) is 14.4. The zero-order valence-electron chi connectivity index (χ0n) is 17.6. The summed E-state index contributed by atoms with van der Waals surface area (Å²) in [6.45, 7) is 5.66. The van der Waals surface area contributed by atoms with Gasteiger partial charge in [-0.15, -0.1) is 0 Å². The largest absolute Gasteiger partial charge is 0.493 e. The lowest BCUT2D eigenvalue weighted by Crippen LogP contribution is -2.40. The average molecular weight is 398 g/mol. The van der Waals surface area contributed by atoms with E-state index in [2.05, 4.69) is 5.32 Å². The molecule has 0 bridgehead atoms. The summed E-state index contributed by atoms with van der Waals surface area (Å²) < 4.78 is 15.9. The molecule has 0 saturated heterocycles. The molecule has 1 aliphatic rings. The van der Waals surface area contributed by atoms with E-state index in [1.54, 1.807) is 12.1 Å². The minimum Gasteiger partial charge on any atom is -0.493 e. The molecule has 0 aliphatic carbocycles. The number of nitrogens with zero attached hydrogens (tertiary/aromatic N) is 1. The summed E-state index contributed by atoms with van der Waals surface area (Å²) in [5.74, 6) is 0.881. The van der Waals surface area contributed by atoms with Gasteiger partial charge in [0.1, 0.15) is 6.54 Å². The van der Waals surface area contributed by atoms with Crippen molar-refractivity contribution in [1.29, 1.82) is 0 Å². The summed E-state index contributed by atoms with van der Waals surface area (Å²) >= 11 is 0. The van der Waals surface area contributed by atoms with Gasteiger partial charge in [0.25, 0.3) is 0 Å². The maximum absolute atomic E-state index is 13.0. The van der Waals surface area contributed by atoms with Crippen LogP contribution in [0.5, 0.6) is 17.2 Å². The Hall–Kier alpha value is -3.22. The summed E-state index contributed by atoms with van der Waals surface area (Å²) in [5.41, 5.74) is 2.59. The fraction of sp³-hybridized carbons (Fsp3) is 0.364. The van der Waals surface area contributed by atoms with E-state index >= 15 is 0 Å². The van der Waals surface area contributed by atoms with Gasteiger partial charge in [0.2, 0.25) is 17.6 Å².